The predicted molar refractivity (Wildman–Crippen MR) is 331 cm³/mol. The average Bonchev–Trinajstić information content (AvgIpc) is 3.46. The molecule has 0 aromatic heterocycles. The van der Waals surface area contributed by atoms with E-state index in [0.717, 1.165) is 96.3 Å². The number of carbonyl (C=O) groups is 4. The number of aliphatic hydroxyl groups excluding tert-OH is 1. The molecule has 3 N–H and O–H groups in total. The number of ether oxygens (including phenoxy) is 4. The van der Waals surface area contributed by atoms with Crippen molar-refractivity contribution in [2.45, 2.75) is 342 Å². The first-order valence-electron chi connectivity index (χ1n) is 33.6. The van der Waals surface area contributed by atoms with Crippen LogP contribution < -0.4 is 0 Å². The first-order valence-corrected chi connectivity index (χ1v) is 36.6. The molecule has 19 heteroatoms. The van der Waals surface area contributed by atoms with Crippen molar-refractivity contribution in [2.24, 2.45) is 5.92 Å². The highest BCUT2D eigenvalue weighted by Gasteiger charge is 2.30. The smallest absolute Gasteiger partial charge is 0.462 e. The van der Waals surface area contributed by atoms with Gasteiger partial charge in [-0.2, -0.15) is 0 Å². The van der Waals surface area contributed by atoms with Crippen molar-refractivity contribution < 1.29 is 80.2 Å². The Balaban J connectivity index is 5.22. The second-order valence-electron chi connectivity index (χ2n) is 23.6. The zero-order chi connectivity index (χ0) is 61.3. The molecule has 0 aromatic carbocycles. The largest absolute Gasteiger partial charge is 0.472 e. The number of carbonyl (C=O) groups excluding carboxylic acids is 4. The summed E-state index contributed by atoms with van der Waals surface area (Å²) in [6.45, 7) is 7.12. The van der Waals surface area contributed by atoms with Crippen molar-refractivity contribution in [1.29, 1.82) is 0 Å². The van der Waals surface area contributed by atoms with Gasteiger partial charge in [0.15, 0.2) is 12.2 Å². The quantitative estimate of drug-likeness (QED) is 0.0222. The lowest BCUT2D eigenvalue weighted by atomic mass is 10.0. The van der Waals surface area contributed by atoms with E-state index < -0.39 is 97.5 Å². The van der Waals surface area contributed by atoms with Crippen molar-refractivity contribution >= 4 is 39.5 Å². The summed E-state index contributed by atoms with van der Waals surface area (Å²) in [5.74, 6) is -1.43. The van der Waals surface area contributed by atoms with Gasteiger partial charge >= 0.3 is 39.5 Å². The molecule has 5 atom stereocenters. The lowest BCUT2D eigenvalue weighted by Crippen LogP contribution is -2.30. The predicted octanol–water partition coefficient (Wildman–Crippen LogP) is 17.8. The SMILES string of the molecule is CCCCCCCCCCCCCCCCC(=O)O[C@H](COC(=O)CCCCCCCCCC(C)C)COP(=O)(O)OC[C@@H](O)COP(=O)(O)OC[C@@H](COC(=O)CCCCCCCCCCC)OC(=O)CCCCCCCCCCCC. The topological polar surface area (TPSA) is 237 Å². The van der Waals surface area contributed by atoms with E-state index in [1.165, 1.54) is 141 Å². The molecular weight excluding hydrogens is 1100 g/mol. The van der Waals surface area contributed by atoms with Crippen LogP contribution in [-0.4, -0.2) is 96.7 Å². The van der Waals surface area contributed by atoms with Gasteiger partial charge in [0, 0.05) is 25.7 Å². The molecule has 0 aromatic rings. The Hall–Kier alpha value is -1.94. The van der Waals surface area contributed by atoms with E-state index in [4.69, 9.17) is 37.0 Å². The number of esters is 4. The maximum absolute atomic E-state index is 13.0. The molecule has 0 saturated heterocycles. The minimum atomic E-state index is -4.94. The second-order valence-corrected chi connectivity index (χ2v) is 26.5. The van der Waals surface area contributed by atoms with E-state index in [1.807, 2.05) is 0 Å². The fourth-order valence-electron chi connectivity index (χ4n) is 9.58. The summed E-state index contributed by atoms with van der Waals surface area (Å²) in [6, 6.07) is 0. The molecule has 0 saturated carbocycles. The Kier molecular flexibility index (Phi) is 56.4. The minimum absolute atomic E-state index is 0.106. The van der Waals surface area contributed by atoms with E-state index in [-0.39, 0.29) is 25.7 Å². The van der Waals surface area contributed by atoms with Crippen LogP contribution in [0.15, 0.2) is 0 Å². The maximum atomic E-state index is 13.0. The first-order chi connectivity index (χ1) is 40.0. The van der Waals surface area contributed by atoms with Crippen molar-refractivity contribution in [1.82, 2.24) is 0 Å². The van der Waals surface area contributed by atoms with Crippen molar-refractivity contribution in [3.05, 3.63) is 0 Å². The molecule has 0 heterocycles. The first kappa shape index (κ1) is 81.1. The van der Waals surface area contributed by atoms with Crippen LogP contribution in [0, 0.1) is 5.92 Å². The molecule has 0 fully saturated rings. The van der Waals surface area contributed by atoms with E-state index in [9.17, 15) is 43.2 Å². The fourth-order valence-corrected chi connectivity index (χ4v) is 11.2. The molecule has 83 heavy (non-hydrogen) atoms. The molecule has 0 amide bonds. The van der Waals surface area contributed by atoms with Crippen LogP contribution in [0.4, 0.5) is 0 Å². The van der Waals surface area contributed by atoms with Crippen LogP contribution in [0.25, 0.3) is 0 Å². The average molecular weight is 1230 g/mol. The number of hydrogen-bond acceptors (Lipinski definition) is 15. The molecule has 0 aliphatic carbocycles. The molecule has 2 unspecified atom stereocenters. The fraction of sp³-hybridized carbons (Fsp3) is 0.938. The highest BCUT2D eigenvalue weighted by molar-refractivity contribution is 7.47. The molecule has 0 radical (unpaired) electrons. The van der Waals surface area contributed by atoms with E-state index >= 15 is 0 Å². The Labute approximate surface area is 505 Å². The third kappa shape index (κ3) is 58.8. The van der Waals surface area contributed by atoms with Crippen molar-refractivity contribution in [3.8, 4) is 0 Å². The van der Waals surface area contributed by atoms with Gasteiger partial charge in [0.25, 0.3) is 0 Å². The summed E-state index contributed by atoms with van der Waals surface area (Å²) in [4.78, 5) is 72.1. The van der Waals surface area contributed by atoms with Crippen LogP contribution >= 0.6 is 15.6 Å². The number of hydrogen-bond donors (Lipinski definition) is 3. The van der Waals surface area contributed by atoms with Gasteiger partial charge in [0.2, 0.25) is 0 Å². The monoisotopic (exact) mass is 1230 g/mol. The van der Waals surface area contributed by atoms with Gasteiger partial charge in [0.05, 0.1) is 26.4 Å². The normalized spacial score (nSPS) is 14.2. The number of rotatable bonds is 64. The van der Waals surface area contributed by atoms with E-state index in [1.54, 1.807) is 0 Å². The van der Waals surface area contributed by atoms with Crippen LogP contribution in [0.5, 0.6) is 0 Å². The standard InChI is InChI=1S/C64H124O17P2/c1-6-9-12-15-18-21-23-24-25-26-29-34-40-45-50-64(69)81-60(54-75-62(67)48-43-38-35-30-31-36-41-46-57(4)5)56-79-83(72,73)77-52-58(65)51-76-82(70,71)78-55-59(53-74-61(66)47-42-37-32-27-20-17-14-11-8-3)80-63(68)49-44-39-33-28-22-19-16-13-10-7-2/h57-60,65H,6-56H2,1-5H3,(H,70,71)(H,72,73)/t58-,59+,60+/m0/s1. The Morgan fingerprint density at radius 3 is 0.819 bits per heavy atom. The van der Waals surface area contributed by atoms with Crippen LogP contribution in [-0.2, 0) is 65.4 Å². The van der Waals surface area contributed by atoms with Crippen LogP contribution in [0.2, 0.25) is 0 Å². The molecule has 492 valence electrons. The van der Waals surface area contributed by atoms with Gasteiger partial charge in [-0.15, -0.1) is 0 Å². The summed E-state index contributed by atoms with van der Waals surface area (Å²) in [7, 11) is -9.88. The lowest BCUT2D eigenvalue weighted by molar-refractivity contribution is -0.161. The Morgan fingerprint density at radius 1 is 0.325 bits per heavy atom. The summed E-state index contributed by atoms with van der Waals surface area (Å²) in [5, 5.41) is 10.5. The van der Waals surface area contributed by atoms with Crippen LogP contribution in [0.3, 0.4) is 0 Å². The van der Waals surface area contributed by atoms with Crippen molar-refractivity contribution in [3.63, 3.8) is 0 Å². The molecule has 0 aliphatic heterocycles. The zero-order valence-corrected chi connectivity index (χ0v) is 55.1. The third-order valence-electron chi connectivity index (χ3n) is 14.8. The molecular formula is C64H124O17P2. The van der Waals surface area contributed by atoms with E-state index in [0.29, 0.717) is 31.6 Å². The van der Waals surface area contributed by atoms with Gasteiger partial charge < -0.3 is 33.8 Å². The van der Waals surface area contributed by atoms with Crippen LogP contribution in [0.1, 0.15) is 324 Å². The minimum Gasteiger partial charge on any atom is -0.462 e. The molecule has 0 rings (SSSR count). The van der Waals surface area contributed by atoms with Gasteiger partial charge in [0.1, 0.15) is 19.3 Å². The molecule has 0 aliphatic rings. The Bertz CT molecular complexity index is 1620. The summed E-state index contributed by atoms with van der Waals surface area (Å²) >= 11 is 0. The lowest BCUT2D eigenvalue weighted by Gasteiger charge is -2.21. The third-order valence-corrected chi connectivity index (χ3v) is 16.7. The van der Waals surface area contributed by atoms with Gasteiger partial charge in [-0.3, -0.25) is 37.3 Å². The highest BCUT2D eigenvalue weighted by atomic mass is 31.2. The van der Waals surface area contributed by atoms with Crippen molar-refractivity contribution in [2.75, 3.05) is 39.6 Å². The number of aliphatic hydroxyl groups is 1. The van der Waals surface area contributed by atoms with Gasteiger partial charge in [-0.1, -0.05) is 272 Å². The Morgan fingerprint density at radius 2 is 0.554 bits per heavy atom. The van der Waals surface area contributed by atoms with Gasteiger partial charge in [-0.25, -0.2) is 9.13 Å². The molecule has 0 spiro atoms. The molecule has 0 bridgehead atoms. The number of phosphoric acid groups is 2. The number of phosphoric ester groups is 2. The van der Waals surface area contributed by atoms with E-state index in [2.05, 4.69) is 34.6 Å². The molecule has 17 nitrogen and oxygen atoms in total. The maximum Gasteiger partial charge on any atom is 0.472 e. The summed E-state index contributed by atoms with van der Waals surface area (Å²) in [5.41, 5.74) is 0. The second kappa shape index (κ2) is 57.8. The number of unbranched alkanes of at least 4 members (excludes halogenated alkanes) is 36. The zero-order valence-electron chi connectivity index (χ0n) is 53.3. The highest BCUT2D eigenvalue weighted by Crippen LogP contribution is 2.45. The van der Waals surface area contributed by atoms with Gasteiger partial charge in [-0.05, 0) is 31.6 Å². The summed E-state index contributed by atoms with van der Waals surface area (Å²) in [6.07, 6.45) is 41.7. The summed E-state index contributed by atoms with van der Waals surface area (Å²) < 4.78 is 68.0.